The van der Waals surface area contributed by atoms with Crippen molar-refractivity contribution in [2.45, 2.75) is 20.3 Å². The summed E-state index contributed by atoms with van der Waals surface area (Å²) in [5.74, 6) is -0.281. The van der Waals surface area contributed by atoms with Crippen molar-refractivity contribution in [3.63, 3.8) is 0 Å². The van der Waals surface area contributed by atoms with Crippen molar-refractivity contribution in [2.24, 2.45) is 0 Å². The third-order valence-electron chi connectivity index (χ3n) is 3.99. The highest BCUT2D eigenvalue weighted by atomic mass is 16.2. The first-order chi connectivity index (χ1) is 11.0. The van der Waals surface area contributed by atoms with Crippen molar-refractivity contribution < 1.29 is 9.59 Å². The van der Waals surface area contributed by atoms with E-state index in [2.05, 4.69) is 42.3 Å². The Morgan fingerprint density at radius 1 is 1.17 bits per heavy atom. The maximum Gasteiger partial charge on any atom is 0.239 e. The van der Waals surface area contributed by atoms with Crippen molar-refractivity contribution in [1.29, 1.82) is 0 Å². The van der Waals surface area contributed by atoms with Crippen molar-refractivity contribution in [3.05, 3.63) is 47.3 Å². The van der Waals surface area contributed by atoms with Gasteiger partial charge in [-0.2, -0.15) is 0 Å². The predicted octanol–water partition coefficient (Wildman–Crippen LogP) is 2.00. The van der Waals surface area contributed by atoms with Gasteiger partial charge in [0.05, 0.1) is 17.8 Å². The van der Waals surface area contributed by atoms with E-state index in [1.165, 1.54) is 16.0 Å². The number of hydrogen-bond donors (Lipinski definition) is 1. The van der Waals surface area contributed by atoms with Crippen molar-refractivity contribution in [3.8, 4) is 11.1 Å². The molecule has 2 amide bonds. The highest BCUT2D eigenvalue weighted by Crippen LogP contribution is 2.32. The lowest BCUT2D eigenvalue weighted by Crippen LogP contribution is -2.37. The monoisotopic (exact) mass is 309 g/mol. The number of aromatic nitrogens is 1. The summed E-state index contributed by atoms with van der Waals surface area (Å²) in [4.78, 5) is 29.7. The Bertz CT molecular complexity index is 779. The van der Waals surface area contributed by atoms with Gasteiger partial charge in [0.25, 0.3) is 0 Å². The summed E-state index contributed by atoms with van der Waals surface area (Å²) < 4.78 is 0. The third kappa shape index (κ3) is 2.95. The lowest BCUT2D eigenvalue weighted by Gasteiger charge is -2.17. The van der Waals surface area contributed by atoms with E-state index in [-0.39, 0.29) is 24.8 Å². The molecule has 0 fully saturated rings. The number of carbonyl (C=O) groups is 2. The zero-order valence-corrected chi connectivity index (χ0v) is 13.5. The largest absolute Gasteiger partial charge is 0.358 e. The number of likely N-dealkylation sites (N-methyl/N-ethyl adjacent to an activating group) is 1. The molecule has 0 bridgehead atoms. The van der Waals surface area contributed by atoms with Gasteiger partial charge in [-0.15, -0.1) is 0 Å². The molecule has 2 aromatic rings. The molecule has 1 aromatic carbocycles. The van der Waals surface area contributed by atoms with E-state index in [0.29, 0.717) is 0 Å². The van der Waals surface area contributed by atoms with E-state index in [9.17, 15) is 9.59 Å². The number of fused-ring (bicyclic) bond motifs is 1. The van der Waals surface area contributed by atoms with Crippen LogP contribution >= 0.6 is 0 Å². The van der Waals surface area contributed by atoms with E-state index in [0.717, 1.165) is 22.5 Å². The van der Waals surface area contributed by atoms with Gasteiger partial charge in [0.2, 0.25) is 11.8 Å². The molecule has 118 valence electrons. The van der Waals surface area contributed by atoms with Crippen LogP contribution in [0, 0.1) is 13.8 Å². The standard InChI is InChI=1S/C18H19N3O2/c1-11-4-12(2)6-13(5-11)14-7-16-15(20-9-14)8-18(23)21(16)10-17(22)19-3/h4-7,9H,8,10H2,1-3H3,(H,19,22). The first-order valence-corrected chi connectivity index (χ1v) is 7.56. The maximum absolute atomic E-state index is 12.1. The highest BCUT2D eigenvalue weighted by molar-refractivity contribution is 6.05. The number of rotatable bonds is 3. The second kappa shape index (κ2) is 5.83. The molecule has 23 heavy (non-hydrogen) atoms. The summed E-state index contributed by atoms with van der Waals surface area (Å²) in [7, 11) is 1.56. The fourth-order valence-corrected chi connectivity index (χ4v) is 2.92. The van der Waals surface area contributed by atoms with Crippen LogP contribution in [0.25, 0.3) is 11.1 Å². The molecule has 0 unspecified atom stereocenters. The van der Waals surface area contributed by atoms with Gasteiger partial charge in [-0.3, -0.25) is 14.6 Å². The number of amides is 2. The van der Waals surface area contributed by atoms with Gasteiger partial charge in [0, 0.05) is 18.8 Å². The topological polar surface area (TPSA) is 62.3 Å². The Morgan fingerprint density at radius 3 is 2.52 bits per heavy atom. The first kappa shape index (κ1) is 15.2. The molecule has 0 spiro atoms. The van der Waals surface area contributed by atoms with Gasteiger partial charge in [-0.1, -0.05) is 29.3 Å². The van der Waals surface area contributed by atoms with Gasteiger partial charge in [-0.25, -0.2) is 0 Å². The Kier molecular flexibility index (Phi) is 3.86. The molecule has 0 radical (unpaired) electrons. The molecular formula is C18H19N3O2. The Balaban J connectivity index is 2.01. The lowest BCUT2D eigenvalue weighted by atomic mass is 10.0. The van der Waals surface area contributed by atoms with Crippen LogP contribution in [0.2, 0.25) is 0 Å². The molecule has 5 nitrogen and oxygen atoms in total. The fourth-order valence-electron chi connectivity index (χ4n) is 2.92. The summed E-state index contributed by atoms with van der Waals surface area (Å²) in [6.07, 6.45) is 2.04. The molecule has 0 saturated carbocycles. The molecule has 0 aliphatic carbocycles. The smallest absolute Gasteiger partial charge is 0.239 e. The Labute approximate surface area is 135 Å². The Hall–Kier alpha value is -2.69. The zero-order valence-electron chi connectivity index (χ0n) is 13.5. The SMILES string of the molecule is CNC(=O)CN1C(=O)Cc2ncc(-c3cc(C)cc(C)c3)cc21. The van der Waals surface area contributed by atoms with Crippen LogP contribution in [-0.2, 0) is 16.0 Å². The maximum atomic E-state index is 12.1. The number of aryl methyl sites for hydroxylation is 2. The molecule has 1 aliphatic heterocycles. The van der Waals surface area contributed by atoms with Crippen LogP contribution in [0.4, 0.5) is 5.69 Å². The third-order valence-corrected chi connectivity index (χ3v) is 3.99. The normalized spacial score (nSPS) is 13.2. The number of anilines is 1. The van der Waals surface area contributed by atoms with E-state index in [1.807, 2.05) is 6.07 Å². The molecule has 0 atom stereocenters. The van der Waals surface area contributed by atoms with Gasteiger partial charge < -0.3 is 10.2 Å². The molecular weight excluding hydrogens is 290 g/mol. The molecule has 0 saturated heterocycles. The van der Waals surface area contributed by atoms with Gasteiger partial charge in [-0.05, 0) is 25.5 Å². The number of benzene rings is 1. The number of carbonyl (C=O) groups excluding carboxylic acids is 2. The summed E-state index contributed by atoms with van der Waals surface area (Å²) in [5.41, 5.74) is 5.84. The van der Waals surface area contributed by atoms with Crippen LogP contribution in [0.1, 0.15) is 16.8 Å². The minimum Gasteiger partial charge on any atom is -0.358 e. The van der Waals surface area contributed by atoms with Gasteiger partial charge >= 0.3 is 0 Å². The first-order valence-electron chi connectivity index (χ1n) is 7.56. The average Bonchev–Trinajstić information content (AvgIpc) is 2.81. The molecule has 1 N–H and O–H groups in total. The molecule has 1 aliphatic rings. The Morgan fingerprint density at radius 2 is 1.87 bits per heavy atom. The average molecular weight is 309 g/mol. The lowest BCUT2D eigenvalue weighted by molar-refractivity contribution is -0.122. The van der Waals surface area contributed by atoms with Crippen LogP contribution in [0.15, 0.2) is 30.5 Å². The van der Waals surface area contributed by atoms with E-state index < -0.39 is 0 Å². The van der Waals surface area contributed by atoms with Crippen LogP contribution in [0.5, 0.6) is 0 Å². The highest BCUT2D eigenvalue weighted by Gasteiger charge is 2.30. The fraction of sp³-hybridized carbons (Fsp3) is 0.278. The minimum absolute atomic E-state index is 0.0281. The van der Waals surface area contributed by atoms with Gasteiger partial charge in [0.1, 0.15) is 6.54 Å². The van der Waals surface area contributed by atoms with Crippen LogP contribution < -0.4 is 10.2 Å². The summed E-state index contributed by atoms with van der Waals surface area (Å²) in [6, 6.07) is 8.25. The van der Waals surface area contributed by atoms with Crippen molar-refractivity contribution in [2.75, 3.05) is 18.5 Å². The van der Waals surface area contributed by atoms with E-state index >= 15 is 0 Å². The number of nitrogens with one attached hydrogen (secondary N) is 1. The number of pyridine rings is 1. The molecule has 3 rings (SSSR count). The predicted molar refractivity (Wildman–Crippen MR) is 89.3 cm³/mol. The second-order valence-corrected chi connectivity index (χ2v) is 5.90. The number of hydrogen-bond acceptors (Lipinski definition) is 3. The second-order valence-electron chi connectivity index (χ2n) is 5.90. The zero-order chi connectivity index (χ0) is 16.6. The quantitative estimate of drug-likeness (QED) is 0.943. The molecule has 2 heterocycles. The summed E-state index contributed by atoms with van der Waals surface area (Å²) >= 11 is 0. The summed E-state index contributed by atoms with van der Waals surface area (Å²) in [5, 5.41) is 2.55. The van der Waals surface area contributed by atoms with Crippen LogP contribution in [0.3, 0.4) is 0 Å². The molecule has 1 aromatic heterocycles. The van der Waals surface area contributed by atoms with Crippen molar-refractivity contribution in [1.82, 2.24) is 10.3 Å². The van der Waals surface area contributed by atoms with Crippen LogP contribution in [-0.4, -0.2) is 30.4 Å². The van der Waals surface area contributed by atoms with E-state index in [1.54, 1.807) is 13.2 Å². The van der Waals surface area contributed by atoms with Crippen molar-refractivity contribution >= 4 is 17.5 Å². The minimum atomic E-state index is -0.192. The molecule has 5 heteroatoms. The number of nitrogens with zero attached hydrogens (tertiary/aromatic N) is 2. The summed E-state index contributed by atoms with van der Waals surface area (Å²) in [6.45, 7) is 4.14. The van der Waals surface area contributed by atoms with Gasteiger partial charge in [0.15, 0.2) is 0 Å². The van der Waals surface area contributed by atoms with E-state index in [4.69, 9.17) is 0 Å².